The highest BCUT2D eigenvalue weighted by Gasteiger charge is 2.22. The van der Waals surface area contributed by atoms with Gasteiger partial charge in [-0.2, -0.15) is 0 Å². The molecule has 2 atom stereocenters. The molecule has 0 aromatic heterocycles. The van der Waals surface area contributed by atoms with Crippen molar-refractivity contribution < 1.29 is 34.8 Å². The molecule has 8 rings (SSSR count). The van der Waals surface area contributed by atoms with Gasteiger partial charge in [0.05, 0.1) is 51.4 Å². The fraction of sp³-hybridized carbons (Fsp3) is 0.125. The van der Waals surface area contributed by atoms with Crippen molar-refractivity contribution in [3.8, 4) is 0 Å². The highest BCUT2D eigenvalue weighted by Crippen LogP contribution is 2.30. The summed E-state index contributed by atoms with van der Waals surface area (Å²) in [6.07, 6.45) is 4.45. The average molecular weight is 542 g/mol. The standard InChI is InChI=1S/2C16H14N2.2ClH/c2*1-17-10-13-7-6-11-4-3-5-12-8-9-14(18(17)2)16(13)15(11)12;;/h2*3-10H,1-2H3;2*1H. The Labute approximate surface area is 234 Å². The van der Waals surface area contributed by atoms with E-state index in [9.17, 15) is 0 Å². The quantitative estimate of drug-likeness (QED) is 0.212. The van der Waals surface area contributed by atoms with Crippen LogP contribution in [0.2, 0.25) is 0 Å². The van der Waals surface area contributed by atoms with Crippen LogP contribution in [0.15, 0.2) is 84.9 Å². The van der Waals surface area contributed by atoms with Crippen LogP contribution in [0.25, 0.3) is 55.5 Å². The summed E-state index contributed by atoms with van der Waals surface area (Å²) in [7, 11) is 8.60. The van der Waals surface area contributed by atoms with Crippen LogP contribution < -0.4 is 45.3 Å². The van der Waals surface area contributed by atoms with E-state index in [1.807, 2.05) is 0 Å². The zero-order valence-corrected chi connectivity index (χ0v) is 23.4. The third kappa shape index (κ3) is 3.76. The lowest BCUT2D eigenvalue weighted by Crippen LogP contribution is -3.10. The van der Waals surface area contributed by atoms with Gasteiger partial charge in [0.2, 0.25) is 0 Å². The Hall–Kier alpha value is -3.54. The van der Waals surface area contributed by atoms with Gasteiger partial charge in [-0.15, -0.1) is 0 Å². The number of hydrogen-bond acceptors (Lipinski definition) is 2. The molecule has 192 valence electrons. The molecule has 0 saturated carbocycles. The molecule has 2 unspecified atom stereocenters. The van der Waals surface area contributed by atoms with Gasteiger partial charge in [-0.25, -0.2) is 20.0 Å². The number of nitrogens with one attached hydrogen (secondary N) is 2. The van der Waals surface area contributed by atoms with Crippen LogP contribution in [0, 0.1) is 0 Å². The fourth-order valence-corrected chi connectivity index (χ4v) is 6.03. The van der Waals surface area contributed by atoms with E-state index in [-0.39, 0.29) is 24.8 Å². The molecule has 6 heteroatoms. The highest BCUT2D eigenvalue weighted by atomic mass is 35.5. The summed E-state index contributed by atoms with van der Waals surface area (Å²) in [5.41, 5.74) is 2.72. The van der Waals surface area contributed by atoms with Gasteiger partial charge in [-0.3, -0.25) is 0 Å². The van der Waals surface area contributed by atoms with Crippen molar-refractivity contribution in [3.05, 3.63) is 95.4 Å². The first-order chi connectivity index (χ1) is 17.5. The monoisotopic (exact) mass is 540 g/mol. The largest absolute Gasteiger partial charge is 1.00 e. The summed E-state index contributed by atoms with van der Waals surface area (Å²) in [4.78, 5) is 0. The van der Waals surface area contributed by atoms with Gasteiger partial charge in [0.25, 0.3) is 0 Å². The smallest absolute Gasteiger partial charge is 0.164 e. The molecule has 4 nitrogen and oxygen atoms in total. The fourth-order valence-electron chi connectivity index (χ4n) is 6.03. The Bertz CT molecular complexity index is 1760. The van der Waals surface area contributed by atoms with E-state index < -0.39 is 0 Å². The van der Waals surface area contributed by atoms with Crippen molar-refractivity contribution in [3.63, 3.8) is 0 Å². The van der Waals surface area contributed by atoms with Crippen LogP contribution >= 0.6 is 0 Å². The molecule has 6 aromatic carbocycles. The van der Waals surface area contributed by atoms with Crippen molar-refractivity contribution in [1.82, 2.24) is 10.0 Å². The Balaban J connectivity index is 0.000000147. The SMILES string of the molecule is CN1C=c2ccc3cccc4ccc(c2c43)[NH+]1C.CN1C=c2ccc3cccc4ccc(c2c43)[NH+]1C.[Cl-].[Cl-]. The first-order valence-electron chi connectivity index (χ1n) is 12.6. The van der Waals surface area contributed by atoms with E-state index in [0.29, 0.717) is 0 Å². The first-order valence-corrected chi connectivity index (χ1v) is 12.6. The molecule has 2 aliphatic heterocycles. The minimum atomic E-state index is 0. The molecule has 0 saturated heterocycles. The van der Waals surface area contributed by atoms with Crippen molar-refractivity contribution in [2.75, 3.05) is 28.2 Å². The summed E-state index contributed by atoms with van der Waals surface area (Å²) in [6, 6.07) is 30.9. The van der Waals surface area contributed by atoms with Gasteiger partial charge in [-0.05, 0) is 33.7 Å². The van der Waals surface area contributed by atoms with E-state index in [1.54, 1.807) is 0 Å². The maximum atomic E-state index is 2.25. The predicted octanol–water partition coefficient (Wildman–Crippen LogP) is -3.08. The van der Waals surface area contributed by atoms with Crippen LogP contribution in [0.4, 0.5) is 11.4 Å². The molecule has 2 aliphatic rings. The third-order valence-corrected chi connectivity index (χ3v) is 8.12. The van der Waals surface area contributed by atoms with Gasteiger partial charge >= 0.3 is 0 Å². The van der Waals surface area contributed by atoms with Crippen LogP contribution in [-0.4, -0.2) is 38.2 Å². The van der Waals surface area contributed by atoms with Crippen LogP contribution in [0.1, 0.15) is 0 Å². The molecular weight excluding hydrogens is 511 g/mol. The number of nitrogens with zero attached hydrogens (tertiary/aromatic N) is 2. The lowest BCUT2D eigenvalue weighted by Gasteiger charge is -2.27. The number of hydrogen-bond donors (Lipinski definition) is 2. The third-order valence-electron chi connectivity index (χ3n) is 8.12. The van der Waals surface area contributed by atoms with Crippen molar-refractivity contribution in [2.24, 2.45) is 0 Å². The average Bonchev–Trinajstić information content (AvgIpc) is 2.90. The topological polar surface area (TPSA) is 15.4 Å². The molecule has 0 aliphatic carbocycles. The maximum Gasteiger partial charge on any atom is 0.164 e. The molecule has 6 aromatic rings. The Kier molecular flexibility index (Phi) is 6.62. The zero-order chi connectivity index (χ0) is 24.6. The number of halogens is 2. The van der Waals surface area contributed by atoms with Crippen LogP contribution in [0.3, 0.4) is 0 Å². The van der Waals surface area contributed by atoms with E-state index in [0.717, 1.165) is 0 Å². The summed E-state index contributed by atoms with van der Waals surface area (Å²) >= 11 is 0. The van der Waals surface area contributed by atoms with Gasteiger partial charge in [0, 0.05) is 33.3 Å². The van der Waals surface area contributed by atoms with E-state index in [1.165, 1.54) is 74.9 Å². The molecule has 2 heterocycles. The van der Waals surface area contributed by atoms with Crippen molar-refractivity contribution in [1.29, 1.82) is 0 Å². The molecule has 0 bridgehead atoms. The molecule has 0 spiro atoms. The summed E-state index contributed by atoms with van der Waals surface area (Å²) in [6.45, 7) is 0. The minimum absolute atomic E-state index is 0. The first kappa shape index (κ1) is 26.1. The van der Waals surface area contributed by atoms with E-state index in [4.69, 9.17) is 0 Å². The van der Waals surface area contributed by atoms with E-state index in [2.05, 4.69) is 136 Å². The van der Waals surface area contributed by atoms with Crippen LogP contribution in [-0.2, 0) is 0 Å². The van der Waals surface area contributed by atoms with Crippen LogP contribution in [0.5, 0.6) is 0 Å². The second-order valence-electron chi connectivity index (χ2n) is 10.1. The van der Waals surface area contributed by atoms with E-state index >= 15 is 0 Å². The van der Waals surface area contributed by atoms with Crippen molar-refractivity contribution >= 4 is 66.9 Å². The second kappa shape index (κ2) is 9.64. The lowest BCUT2D eigenvalue weighted by atomic mass is 9.97. The zero-order valence-electron chi connectivity index (χ0n) is 21.9. The van der Waals surface area contributed by atoms with Gasteiger partial charge in [0.1, 0.15) is 0 Å². The van der Waals surface area contributed by atoms with Gasteiger partial charge in [0.15, 0.2) is 11.4 Å². The predicted molar refractivity (Wildman–Crippen MR) is 151 cm³/mol. The number of rotatable bonds is 0. The Morgan fingerprint density at radius 2 is 0.789 bits per heavy atom. The molecule has 0 fully saturated rings. The summed E-state index contributed by atoms with van der Waals surface area (Å²) in [5.74, 6) is 0. The minimum Gasteiger partial charge on any atom is -1.00 e. The summed E-state index contributed by atoms with van der Waals surface area (Å²) < 4.78 is 0. The van der Waals surface area contributed by atoms with Gasteiger partial charge in [-0.1, -0.05) is 60.7 Å². The molecule has 0 amide bonds. The van der Waals surface area contributed by atoms with Crippen molar-refractivity contribution in [2.45, 2.75) is 0 Å². The molecular formula is C32H30Cl2N4. The Morgan fingerprint density at radius 3 is 1.16 bits per heavy atom. The lowest BCUT2D eigenvalue weighted by molar-refractivity contribution is -0.922. The molecule has 0 radical (unpaired) electrons. The highest BCUT2D eigenvalue weighted by molar-refractivity contribution is 6.14. The maximum absolute atomic E-state index is 2.25. The normalized spacial score (nSPS) is 17.4. The Morgan fingerprint density at radius 1 is 0.447 bits per heavy atom. The second-order valence-corrected chi connectivity index (χ2v) is 10.1. The number of quaternary nitrogens is 2. The number of benzene rings is 6. The molecule has 38 heavy (non-hydrogen) atoms. The van der Waals surface area contributed by atoms with Gasteiger partial charge < -0.3 is 24.8 Å². The summed E-state index contributed by atoms with van der Waals surface area (Å²) in [5, 5.41) is 20.6. The molecule has 2 N–H and O–H groups in total.